The number of sulfone groups is 1. The predicted octanol–water partition coefficient (Wildman–Crippen LogP) is 0.987. The molecule has 0 aliphatic carbocycles. The number of hydrogen-bond acceptors (Lipinski definition) is 6. The highest BCUT2D eigenvalue weighted by Gasteiger charge is 2.38. The number of hydroxylamine groups is 1. The summed E-state index contributed by atoms with van der Waals surface area (Å²) < 4.78 is 28.4. The predicted molar refractivity (Wildman–Crippen MR) is 70.8 cm³/mol. The van der Waals surface area contributed by atoms with Crippen LogP contribution in [0.5, 0.6) is 0 Å². The number of methoxy groups -OCH3 is 1. The van der Waals surface area contributed by atoms with Crippen molar-refractivity contribution in [3.05, 3.63) is 51.8 Å². The second kappa shape index (κ2) is 4.46. The van der Waals surface area contributed by atoms with Crippen LogP contribution in [0.4, 0.5) is 0 Å². The fourth-order valence-corrected chi connectivity index (χ4v) is 3.53. The molecule has 2 aliphatic rings. The third kappa shape index (κ3) is 1.91. The summed E-state index contributed by atoms with van der Waals surface area (Å²) in [6.45, 7) is 0. The topological polar surface area (TPSA) is 81.7 Å². The molecule has 104 valence electrons. The van der Waals surface area contributed by atoms with Crippen LogP contribution < -0.4 is 5.48 Å². The number of benzene rings is 1. The number of rotatable bonds is 2. The van der Waals surface area contributed by atoms with Crippen molar-refractivity contribution in [1.82, 2.24) is 5.48 Å². The number of carbonyl (C=O) groups is 1. The summed E-state index contributed by atoms with van der Waals surface area (Å²) in [6.07, 6.45) is 0.892. The van der Waals surface area contributed by atoms with Gasteiger partial charge in [0.05, 0.1) is 18.4 Å². The maximum atomic E-state index is 11.9. The van der Waals surface area contributed by atoms with Crippen LogP contribution in [0.15, 0.2) is 40.7 Å². The van der Waals surface area contributed by atoms with Gasteiger partial charge in [-0.3, -0.25) is 10.3 Å². The second-order valence-electron chi connectivity index (χ2n) is 4.32. The zero-order chi connectivity index (χ0) is 14.3. The largest absolute Gasteiger partial charge is 0.465 e. The highest BCUT2D eigenvalue weighted by atomic mass is 32.2. The second-order valence-corrected chi connectivity index (χ2v) is 6.12. The molecular formula is C13H11NO5S. The van der Waals surface area contributed by atoms with E-state index in [-0.39, 0.29) is 4.91 Å². The Balaban J connectivity index is 2.02. The van der Waals surface area contributed by atoms with Crippen LogP contribution in [-0.2, 0) is 19.4 Å². The molecule has 20 heavy (non-hydrogen) atoms. The summed E-state index contributed by atoms with van der Waals surface area (Å²) in [5.41, 5.74) is 4.05. The monoisotopic (exact) mass is 293 g/mol. The van der Waals surface area contributed by atoms with Crippen LogP contribution in [0.25, 0.3) is 5.70 Å². The molecule has 0 saturated carbocycles. The quantitative estimate of drug-likeness (QED) is 0.819. The molecule has 1 N–H and O–H groups in total. The first-order chi connectivity index (χ1) is 9.53. The average molecular weight is 293 g/mol. The Hall–Kier alpha value is -2.12. The summed E-state index contributed by atoms with van der Waals surface area (Å²) in [5, 5.41) is 1.14. The van der Waals surface area contributed by atoms with Gasteiger partial charge < -0.3 is 4.74 Å². The Morgan fingerprint density at radius 2 is 2.00 bits per heavy atom. The van der Waals surface area contributed by atoms with E-state index in [1.54, 1.807) is 24.3 Å². The molecule has 0 spiro atoms. The van der Waals surface area contributed by atoms with Gasteiger partial charge in [-0.1, -0.05) is 12.1 Å². The first-order valence-corrected chi connectivity index (χ1v) is 7.35. The minimum absolute atomic E-state index is 0.198. The molecule has 7 heteroatoms. The lowest BCUT2D eigenvalue weighted by molar-refractivity contribution is 0.0600. The molecule has 0 radical (unpaired) electrons. The van der Waals surface area contributed by atoms with Gasteiger partial charge in [0.25, 0.3) is 0 Å². The van der Waals surface area contributed by atoms with Crippen LogP contribution in [0.2, 0.25) is 0 Å². The van der Waals surface area contributed by atoms with Gasteiger partial charge in [0.15, 0.2) is 0 Å². The molecule has 3 rings (SSSR count). The zero-order valence-corrected chi connectivity index (χ0v) is 11.3. The van der Waals surface area contributed by atoms with Gasteiger partial charge in [-0.2, -0.15) is 0 Å². The highest BCUT2D eigenvalue weighted by molar-refractivity contribution is 7.98. The molecule has 1 aromatic rings. The van der Waals surface area contributed by atoms with E-state index in [9.17, 15) is 13.2 Å². The van der Waals surface area contributed by atoms with Crippen LogP contribution in [-0.4, -0.2) is 27.6 Å². The van der Waals surface area contributed by atoms with E-state index in [4.69, 9.17) is 4.84 Å². The Morgan fingerprint density at radius 1 is 1.30 bits per heavy atom. The zero-order valence-electron chi connectivity index (χ0n) is 10.5. The standard InChI is InChI=1S/C13H11NO5S/c1-18-13(15)9-4-2-8(3-5-9)11-12-10(19-14-11)6-7-20(12,16)17/h2-7,10,14H,1H3. The lowest BCUT2D eigenvalue weighted by atomic mass is 10.1. The molecule has 6 nitrogen and oxygen atoms in total. The van der Waals surface area contributed by atoms with Gasteiger partial charge in [0.1, 0.15) is 11.0 Å². The van der Waals surface area contributed by atoms with Crippen molar-refractivity contribution in [2.75, 3.05) is 7.11 Å². The number of hydrogen-bond donors (Lipinski definition) is 1. The van der Waals surface area contributed by atoms with Crippen molar-refractivity contribution in [2.45, 2.75) is 6.10 Å². The third-order valence-electron chi connectivity index (χ3n) is 3.13. The van der Waals surface area contributed by atoms with E-state index in [2.05, 4.69) is 10.2 Å². The number of esters is 1. The van der Waals surface area contributed by atoms with Crippen LogP contribution in [0, 0.1) is 0 Å². The van der Waals surface area contributed by atoms with Crippen LogP contribution in [0.3, 0.4) is 0 Å². The summed E-state index contributed by atoms with van der Waals surface area (Å²) in [5.74, 6) is -0.446. The van der Waals surface area contributed by atoms with E-state index in [0.29, 0.717) is 16.8 Å². The summed E-state index contributed by atoms with van der Waals surface area (Å²) in [4.78, 5) is 16.7. The smallest absolute Gasteiger partial charge is 0.337 e. The fourth-order valence-electron chi connectivity index (χ4n) is 2.14. The van der Waals surface area contributed by atoms with Crippen LogP contribution in [0.1, 0.15) is 15.9 Å². The first kappa shape index (κ1) is 12.9. The van der Waals surface area contributed by atoms with E-state index >= 15 is 0 Å². The number of ether oxygens (including phenoxy) is 1. The molecule has 2 aliphatic heterocycles. The maximum absolute atomic E-state index is 11.9. The van der Waals surface area contributed by atoms with E-state index in [1.807, 2.05) is 0 Å². The van der Waals surface area contributed by atoms with Crippen LogP contribution >= 0.6 is 0 Å². The molecule has 1 atom stereocenters. The summed E-state index contributed by atoms with van der Waals surface area (Å²) in [6, 6.07) is 6.42. The van der Waals surface area contributed by atoms with Crippen molar-refractivity contribution in [1.29, 1.82) is 0 Å². The highest BCUT2D eigenvalue weighted by Crippen LogP contribution is 2.35. The van der Waals surface area contributed by atoms with Gasteiger partial charge in [0.2, 0.25) is 9.84 Å². The Bertz CT molecular complexity index is 731. The van der Waals surface area contributed by atoms with Gasteiger partial charge in [-0.05, 0) is 18.2 Å². The lowest BCUT2D eigenvalue weighted by Crippen LogP contribution is -2.10. The van der Waals surface area contributed by atoms with E-state index < -0.39 is 21.9 Å². The fraction of sp³-hybridized carbons (Fsp3) is 0.154. The van der Waals surface area contributed by atoms with Crippen molar-refractivity contribution >= 4 is 21.5 Å². The van der Waals surface area contributed by atoms with Gasteiger partial charge in [-0.25, -0.2) is 13.2 Å². The Morgan fingerprint density at radius 3 is 2.65 bits per heavy atom. The number of nitrogens with one attached hydrogen (secondary N) is 1. The Kier molecular flexibility index (Phi) is 2.88. The normalized spacial score (nSPS) is 22.6. The molecular weight excluding hydrogens is 282 g/mol. The molecule has 2 heterocycles. The molecule has 1 unspecified atom stereocenters. The first-order valence-electron chi connectivity index (χ1n) is 5.81. The van der Waals surface area contributed by atoms with Crippen molar-refractivity contribution < 1.29 is 22.8 Å². The molecule has 0 bridgehead atoms. The molecule has 0 saturated heterocycles. The lowest BCUT2D eigenvalue weighted by Gasteiger charge is -2.05. The molecule has 0 aromatic heterocycles. The molecule has 0 fully saturated rings. The van der Waals surface area contributed by atoms with Gasteiger partial charge in [-0.15, -0.1) is 0 Å². The van der Waals surface area contributed by atoms with Gasteiger partial charge in [0, 0.05) is 11.0 Å². The molecule has 1 aromatic carbocycles. The van der Waals surface area contributed by atoms with Crippen molar-refractivity contribution in [3.8, 4) is 0 Å². The molecule has 0 amide bonds. The van der Waals surface area contributed by atoms with Gasteiger partial charge >= 0.3 is 5.97 Å². The number of fused-ring (bicyclic) bond motifs is 1. The minimum atomic E-state index is -3.43. The van der Waals surface area contributed by atoms with E-state index in [1.165, 1.54) is 13.2 Å². The number of carbonyl (C=O) groups excluding carboxylic acids is 1. The maximum Gasteiger partial charge on any atom is 0.337 e. The minimum Gasteiger partial charge on any atom is -0.465 e. The summed E-state index contributed by atoms with van der Waals surface area (Å²) >= 11 is 0. The SMILES string of the molecule is COC(=O)c1ccc(C2=C3C(C=CS3(=O)=O)ON2)cc1. The van der Waals surface area contributed by atoms with E-state index in [0.717, 1.165) is 5.41 Å². The third-order valence-corrected chi connectivity index (χ3v) is 4.69. The Labute approximate surface area is 115 Å². The van der Waals surface area contributed by atoms with Crippen molar-refractivity contribution in [2.24, 2.45) is 0 Å². The average Bonchev–Trinajstić information content (AvgIpc) is 3.00. The summed E-state index contributed by atoms with van der Waals surface area (Å²) in [7, 11) is -2.13. The van der Waals surface area contributed by atoms with Crippen molar-refractivity contribution in [3.63, 3.8) is 0 Å².